The van der Waals surface area contributed by atoms with Gasteiger partial charge in [0.2, 0.25) is 0 Å². The van der Waals surface area contributed by atoms with Crippen LogP contribution in [0.2, 0.25) is 0 Å². The van der Waals surface area contributed by atoms with Crippen LogP contribution in [0.3, 0.4) is 0 Å². The van der Waals surface area contributed by atoms with Crippen LogP contribution < -0.4 is 5.32 Å². The summed E-state index contributed by atoms with van der Waals surface area (Å²) < 4.78 is 13.7. The Hall–Kier alpha value is -1.09. The highest BCUT2D eigenvalue weighted by atomic mass is 19.1. The summed E-state index contributed by atoms with van der Waals surface area (Å²) in [6.45, 7) is 3.38. The maximum absolute atomic E-state index is 13.7. The normalized spacial score (nSPS) is 21.4. The number of phenols is 1. The van der Waals surface area contributed by atoms with Crippen molar-refractivity contribution in [2.45, 2.75) is 19.3 Å². The van der Waals surface area contributed by atoms with Crippen molar-refractivity contribution in [2.24, 2.45) is 0 Å². The van der Waals surface area contributed by atoms with E-state index in [0.717, 1.165) is 19.5 Å². The second-order valence-electron chi connectivity index (χ2n) is 3.82. The van der Waals surface area contributed by atoms with Crippen LogP contribution in [0.1, 0.15) is 23.5 Å². The number of benzene rings is 1. The summed E-state index contributed by atoms with van der Waals surface area (Å²) in [6, 6.07) is 3.18. The fourth-order valence-electron chi connectivity index (χ4n) is 1.98. The molecule has 1 saturated heterocycles. The fourth-order valence-corrected chi connectivity index (χ4v) is 1.98. The lowest BCUT2D eigenvalue weighted by Crippen LogP contribution is -2.09. The fraction of sp³-hybridized carbons (Fsp3) is 0.455. The zero-order chi connectivity index (χ0) is 10.1. The molecule has 0 bridgehead atoms. The lowest BCUT2D eigenvalue weighted by molar-refractivity contribution is 0.449. The van der Waals surface area contributed by atoms with Gasteiger partial charge in [0.15, 0.2) is 0 Å². The van der Waals surface area contributed by atoms with E-state index in [1.807, 2.05) is 0 Å². The lowest BCUT2D eigenvalue weighted by atomic mass is 9.95. The lowest BCUT2D eigenvalue weighted by Gasteiger charge is -2.13. The van der Waals surface area contributed by atoms with Gasteiger partial charge in [-0.15, -0.1) is 0 Å². The number of hydrogen-bond donors (Lipinski definition) is 2. The van der Waals surface area contributed by atoms with Gasteiger partial charge in [0, 0.05) is 18.0 Å². The van der Waals surface area contributed by atoms with Crippen molar-refractivity contribution in [3.8, 4) is 5.75 Å². The molecule has 0 amide bonds. The monoisotopic (exact) mass is 195 g/mol. The average molecular weight is 195 g/mol. The Labute approximate surface area is 82.8 Å². The van der Waals surface area contributed by atoms with Gasteiger partial charge in [0.25, 0.3) is 0 Å². The molecular formula is C11H14FNO. The van der Waals surface area contributed by atoms with Gasteiger partial charge >= 0.3 is 0 Å². The predicted octanol–water partition coefficient (Wildman–Crippen LogP) is 1.92. The highest BCUT2D eigenvalue weighted by molar-refractivity contribution is 5.40. The molecule has 1 aliphatic rings. The molecule has 0 aliphatic carbocycles. The highest BCUT2D eigenvalue weighted by Gasteiger charge is 2.23. The van der Waals surface area contributed by atoms with Crippen LogP contribution in [0.15, 0.2) is 12.1 Å². The number of phenolic OH excluding ortho intramolecular Hbond substituents is 1. The van der Waals surface area contributed by atoms with E-state index in [1.165, 1.54) is 0 Å². The second-order valence-corrected chi connectivity index (χ2v) is 3.82. The van der Waals surface area contributed by atoms with Crippen LogP contribution in [-0.2, 0) is 0 Å². The van der Waals surface area contributed by atoms with Gasteiger partial charge in [0.05, 0.1) is 0 Å². The quantitative estimate of drug-likeness (QED) is 0.717. The second kappa shape index (κ2) is 3.58. The van der Waals surface area contributed by atoms with Gasteiger partial charge in [-0.05, 0) is 31.5 Å². The molecule has 0 saturated carbocycles. The zero-order valence-corrected chi connectivity index (χ0v) is 8.18. The van der Waals surface area contributed by atoms with Crippen LogP contribution >= 0.6 is 0 Å². The molecule has 0 aromatic heterocycles. The van der Waals surface area contributed by atoms with Crippen LogP contribution in [0, 0.1) is 12.7 Å². The Balaban J connectivity index is 2.44. The highest BCUT2D eigenvalue weighted by Crippen LogP contribution is 2.33. The van der Waals surface area contributed by atoms with Crippen molar-refractivity contribution < 1.29 is 9.50 Å². The van der Waals surface area contributed by atoms with Crippen LogP contribution in [-0.4, -0.2) is 18.2 Å². The van der Waals surface area contributed by atoms with Crippen molar-refractivity contribution >= 4 is 0 Å². The maximum Gasteiger partial charge on any atom is 0.133 e. The minimum atomic E-state index is -0.251. The molecule has 76 valence electrons. The molecule has 0 spiro atoms. The van der Waals surface area contributed by atoms with Crippen molar-refractivity contribution in [3.63, 3.8) is 0 Å². The number of nitrogens with one attached hydrogen (secondary N) is 1. The van der Waals surface area contributed by atoms with Gasteiger partial charge in [-0.3, -0.25) is 0 Å². The first-order chi connectivity index (χ1) is 6.70. The van der Waals surface area contributed by atoms with Crippen molar-refractivity contribution in [3.05, 3.63) is 29.1 Å². The molecule has 1 aromatic carbocycles. The summed E-state index contributed by atoms with van der Waals surface area (Å²) in [7, 11) is 0. The number of halogens is 1. The van der Waals surface area contributed by atoms with Gasteiger partial charge in [-0.1, -0.05) is 6.07 Å². The van der Waals surface area contributed by atoms with Crippen LogP contribution in [0.5, 0.6) is 5.75 Å². The summed E-state index contributed by atoms with van der Waals surface area (Å²) in [4.78, 5) is 0. The topological polar surface area (TPSA) is 32.3 Å². The molecular weight excluding hydrogens is 181 g/mol. The van der Waals surface area contributed by atoms with Gasteiger partial charge in [0.1, 0.15) is 11.6 Å². The Kier molecular flexibility index (Phi) is 2.42. The van der Waals surface area contributed by atoms with E-state index >= 15 is 0 Å². The Morgan fingerprint density at radius 1 is 1.50 bits per heavy atom. The van der Waals surface area contributed by atoms with E-state index in [-0.39, 0.29) is 17.5 Å². The van der Waals surface area contributed by atoms with Crippen LogP contribution in [0.25, 0.3) is 0 Å². The smallest absolute Gasteiger partial charge is 0.133 e. The first kappa shape index (κ1) is 9.46. The Morgan fingerprint density at radius 2 is 2.29 bits per heavy atom. The molecule has 2 nitrogen and oxygen atoms in total. The molecule has 1 unspecified atom stereocenters. The standard InChI is InChI=1S/C11H14FNO/c1-7-2-3-9(14)10(11(7)12)8-4-5-13-6-8/h2-3,8,13-14H,4-6H2,1H3. The minimum absolute atomic E-state index is 0.0850. The third-order valence-electron chi connectivity index (χ3n) is 2.82. The molecule has 1 fully saturated rings. The van der Waals surface area contributed by atoms with E-state index in [0.29, 0.717) is 11.1 Å². The number of rotatable bonds is 1. The first-order valence-electron chi connectivity index (χ1n) is 4.89. The van der Waals surface area contributed by atoms with Gasteiger partial charge in [-0.2, -0.15) is 0 Å². The average Bonchev–Trinajstić information content (AvgIpc) is 2.65. The number of aromatic hydroxyl groups is 1. The molecule has 2 N–H and O–H groups in total. The van der Waals surface area contributed by atoms with E-state index < -0.39 is 0 Å². The summed E-state index contributed by atoms with van der Waals surface area (Å²) in [5.41, 5.74) is 1.08. The van der Waals surface area contributed by atoms with Crippen molar-refractivity contribution in [1.82, 2.24) is 5.32 Å². The van der Waals surface area contributed by atoms with Crippen molar-refractivity contribution in [1.29, 1.82) is 0 Å². The molecule has 1 atom stereocenters. The van der Waals surface area contributed by atoms with E-state index in [1.54, 1.807) is 19.1 Å². The van der Waals surface area contributed by atoms with Gasteiger partial charge in [-0.25, -0.2) is 4.39 Å². The summed E-state index contributed by atoms with van der Waals surface area (Å²) in [5, 5.41) is 12.8. The largest absolute Gasteiger partial charge is 0.508 e. The third kappa shape index (κ3) is 1.48. The SMILES string of the molecule is Cc1ccc(O)c(C2CCNC2)c1F. The Morgan fingerprint density at radius 3 is 2.93 bits per heavy atom. The summed E-state index contributed by atoms with van der Waals surface area (Å²) in [6.07, 6.45) is 0.897. The van der Waals surface area contributed by atoms with E-state index in [4.69, 9.17) is 0 Å². The zero-order valence-electron chi connectivity index (χ0n) is 8.18. The van der Waals surface area contributed by atoms with E-state index in [9.17, 15) is 9.50 Å². The first-order valence-corrected chi connectivity index (χ1v) is 4.89. The molecule has 1 heterocycles. The number of hydrogen-bond acceptors (Lipinski definition) is 2. The van der Waals surface area contributed by atoms with Gasteiger partial charge < -0.3 is 10.4 Å². The molecule has 2 rings (SSSR count). The van der Waals surface area contributed by atoms with Crippen molar-refractivity contribution in [2.75, 3.05) is 13.1 Å². The molecule has 14 heavy (non-hydrogen) atoms. The number of aryl methyl sites for hydroxylation is 1. The summed E-state index contributed by atoms with van der Waals surface area (Å²) >= 11 is 0. The predicted molar refractivity (Wildman–Crippen MR) is 53.0 cm³/mol. The third-order valence-corrected chi connectivity index (χ3v) is 2.82. The molecule has 1 aromatic rings. The molecule has 3 heteroatoms. The minimum Gasteiger partial charge on any atom is -0.508 e. The van der Waals surface area contributed by atoms with Crippen LogP contribution in [0.4, 0.5) is 4.39 Å². The Bertz CT molecular complexity index is 345. The van der Waals surface area contributed by atoms with E-state index in [2.05, 4.69) is 5.32 Å². The molecule has 1 aliphatic heterocycles. The maximum atomic E-state index is 13.7. The summed E-state index contributed by atoms with van der Waals surface area (Å²) in [5.74, 6) is -0.0459. The molecule has 0 radical (unpaired) electrons.